The Balaban J connectivity index is 1.82. The van der Waals surface area contributed by atoms with Gasteiger partial charge in [0.1, 0.15) is 24.9 Å². The number of carbonyl (C=O) groups excluding carboxylic acids is 1. The van der Waals surface area contributed by atoms with Gasteiger partial charge in [-0.05, 0) is 6.42 Å². The van der Waals surface area contributed by atoms with Crippen LogP contribution in [0.2, 0.25) is 0 Å². The summed E-state index contributed by atoms with van der Waals surface area (Å²) in [6.07, 6.45) is -2.07. The number of nitrogens with two attached hydrogens (primary N) is 1. The summed E-state index contributed by atoms with van der Waals surface area (Å²) in [4.78, 5) is 23.7. The molecule has 11 heteroatoms. The van der Waals surface area contributed by atoms with E-state index in [2.05, 4.69) is 15.0 Å². The molecule has 0 aliphatic carbocycles. The van der Waals surface area contributed by atoms with Crippen molar-refractivity contribution >= 4 is 23.1 Å². The Hall–Kier alpha value is -2.50. The van der Waals surface area contributed by atoms with E-state index in [9.17, 15) is 15.0 Å². The largest absolute Gasteiger partial charge is 0.479 e. The Kier molecular flexibility index (Phi) is 5.20. The standard InChI is InChI=1S/C15H21N5O6/c1-3-4-8(21)25-5-7-10(22)11(23)14(26-7)20-6-17-9-12(20)18-15(16)19-13(9)24-2/h6-7,10-11,14,22-23H,3-5H2,1-2H3,(H2,16,18,19)/t7-,10-,11+,14?/m1/s1. The molecule has 1 saturated heterocycles. The van der Waals surface area contributed by atoms with Gasteiger partial charge in [-0.25, -0.2) is 4.98 Å². The molecule has 0 spiro atoms. The molecule has 142 valence electrons. The van der Waals surface area contributed by atoms with Gasteiger partial charge in [-0.3, -0.25) is 9.36 Å². The molecule has 4 atom stereocenters. The number of rotatable bonds is 6. The number of methoxy groups -OCH3 is 1. The van der Waals surface area contributed by atoms with Gasteiger partial charge in [-0.15, -0.1) is 0 Å². The molecule has 0 saturated carbocycles. The van der Waals surface area contributed by atoms with E-state index in [1.807, 2.05) is 6.92 Å². The lowest BCUT2D eigenvalue weighted by molar-refractivity contribution is -0.150. The zero-order valence-electron chi connectivity index (χ0n) is 14.4. The van der Waals surface area contributed by atoms with Gasteiger partial charge in [-0.1, -0.05) is 6.92 Å². The number of aliphatic hydroxyl groups is 2. The molecule has 4 N–H and O–H groups in total. The molecule has 3 rings (SSSR count). The fourth-order valence-electron chi connectivity index (χ4n) is 2.78. The van der Waals surface area contributed by atoms with E-state index in [4.69, 9.17) is 19.9 Å². The second kappa shape index (κ2) is 7.40. The molecule has 0 amide bonds. The number of hydrogen-bond acceptors (Lipinski definition) is 10. The molecular weight excluding hydrogens is 346 g/mol. The third-order valence-electron chi connectivity index (χ3n) is 4.07. The van der Waals surface area contributed by atoms with E-state index in [-0.39, 0.29) is 36.5 Å². The number of carbonyl (C=O) groups is 1. The van der Waals surface area contributed by atoms with Crippen LogP contribution in [0.5, 0.6) is 5.88 Å². The molecule has 0 aromatic carbocycles. The van der Waals surface area contributed by atoms with Gasteiger partial charge in [0.15, 0.2) is 17.4 Å². The summed E-state index contributed by atoms with van der Waals surface area (Å²) >= 11 is 0. The SMILES string of the molecule is CCCC(=O)OC[C@H]1OC(n2cnc3c(OC)nc(N)nc32)[C@@H](O)[C@@H]1O. The quantitative estimate of drug-likeness (QED) is 0.562. The van der Waals surface area contributed by atoms with E-state index in [0.29, 0.717) is 11.9 Å². The van der Waals surface area contributed by atoms with Crippen molar-refractivity contribution in [1.29, 1.82) is 0 Å². The highest BCUT2D eigenvalue weighted by Gasteiger charge is 2.45. The van der Waals surface area contributed by atoms with Crippen LogP contribution in [0.15, 0.2) is 6.33 Å². The Morgan fingerprint density at radius 3 is 2.85 bits per heavy atom. The minimum absolute atomic E-state index is 0.0332. The minimum atomic E-state index is -1.27. The van der Waals surface area contributed by atoms with Gasteiger partial charge >= 0.3 is 5.97 Å². The van der Waals surface area contributed by atoms with Crippen molar-refractivity contribution in [1.82, 2.24) is 19.5 Å². The van der Waals surface area contributed by atoms with Crippen molar-refractivity contribution in [3.8, 4) is 5.88 Å². The molecule has 3 heterocycles. The van der Waals surface area contributed by atoms with Crippen molar-refractivity contribution in [3.63, 3.8) is 0 Å². The van der Waals surface area contributed by atoms with E-state index >= 15 is 0 Å². The number of anilines is 1. The van der Waals surface area contributed by atoms with Crippen molar-refractivity contribution in [3.05, 3.63) is 6.33 Å². The fraction of sp³-hybridized carbons (Fsp3) is 0.600. The molecule has 0 radical (unpaired) electrons. The highest BCUT2D eigenvalue weighted by molar-refractivity contribution is 5.77. The first-order valence-electron chi connectivity index (χ1n) is 8.17. The first kappa shape index (κ1) is 18.3. The van der Waals surface area contributed by atoms with Gasteiger partial charge in [0.2, 0.25) is 11.8 Å². The molecule has 1 aliphatic heterocycles. The first-order valence-corrected chi connectivity index (χ1v) is 8.17. The van der Waals surface area contributed by atoms with Crippen LogP contribution in [0.1, 0.15) is 26.0 Å². The molecule has 2 aromatic rings. The summed E-state index contributed by atoms with van der Waals surface area (Å²) < 4.78 is 17.3. The fourth-order valence-corrected chi connectivity index (χ4v) is 2.78. The molecule has 11 nitrogen and oxygen atoms in total. The van der Waals surface area contributed by atoms with E-state index in [1.54, 1.807) is 0 Å². The summed E-state index contributed by atoms with van der Waals surface area (Å²) in [5.41, 5.74) is 6.30. The van der Waals surface area contributed by atoms with Crippen LogP contribution in [-0.2, 0) is 14.3 Å². The minimum Gasteiger partial charge on any atom is -0.479 e. The Labute approximate surface area is 148 Å². The molecule has 1 unspecified atom stereocenters. The third-order valence-corrected chi connectivity index (χ3v) is 4.07. The van der Waals surface area contributed by atoms with E-state index in [1.165, 1.54) is 18.0 Å². The average molecular weight is 367 g/mol. The molecule has 26 heavy (non-hydrogen) atoms. The first-order chi connectivity index (χ1) is 12.5. The number of imidazole rings is 1. The second-order valence-electron chi connectivity index (χ2n) is 5.89. The monoisotopic (exact) mass is 367 g/mol. The summed E-state index contributed by atoms with van der Waals surface area (Å²) in [5, 5.41) is 20.6. The molecule has 1 fully saturated rings. The molecular formula is C15H21N5O6. The maximum absolute atomic E-state index is 11.5. The summed E-state index contributed by atoms with van der Waals surface area (Å²) in [5.74, 6) is -0.238. The lowest BCUT2D eigenvalue weighted by Crippen LogP contribution is -2.34. The smallest absolute Gasteiger partial charge is 0.305 e. The van der Waals surface area contributed by atoms with Crippen molar-refractivity contribution in [2.24, 2.45) is 0 Å². The topological polar surface area (TPSA) is 155 Å². The number of esters is 1. The van der Waals surface area contributed by atoms with Crippen LogP contribution < -0.4 is 10.5 Å². The van der Waals surface area contributed by atoms with Crippen molar-refractivity contribution in [2.75, 3.05) is 19.5 Å². The average Bonchev–Trinajstić information content (AvgIpc) is 3.15. The maximum atomic E-state index is 11.5. The summed E-state index contributed by atoms with van der Waals surface area (Å²) in [7, 11) is 1.42. The van der Waals surface area contributed by atoms with Crippen LogP contribution in [0.4, 0.5) is 5.95 Å². The van der Waals surface area contributed by atoms with Gasteiger partial charge in [0.05, 0.1) is 13.4 Å². The summed E-state index contributed by atoms with van der Waals surface area (Å²) in [6, 6.07) is 0. The number of hydrogen-bond donors (Lipinski definition) is 3. The highest BCUT2D eigenvalue weighted by Crippen LogP contribution is 2.33. The Bertz CT molecular complexity index is 796. The molecule has 2 aromatic heterocycles. The number of aromatic nitrogens is 4. The lowest BCUT2D eigenvalue weighted by Gasteiger charge is -2.16. The second-order valence-corrected chi connectivity index (χ2v) is 5.89. The maximum Gasteiger partial charge on any atom is 0.305 e. The molecule has 0 bridgehead atoms. The predicted molar refractivity (Wildman–Crippen MR) is 88.1 cm³/mol. The molecule has 1 aliphatic rings. The number of aliphatic hydroxyl groups excluding tert-OH is 2. The van der Waals surface area contributed by atoms with E-state index < -0.39 is 24.5 Å². The van der Waals surface area contributed by atoms with Gasteiger partial charge in [-0.2, -0.15) is 9.97 Å². The van der Waals surface area contributed by atoms with Gasteiger partial charge in [0.25, 0.3) is 0 Å². The number of fused-ring (bicyclic) bond motifs is 1. The van der Waals surface area contributed by atoms with E-state index in [0.717, 1.165) is 0 Å². The van der Waals surface area contributed by atoms with Gasteiger partial charge in [0, 0.05) is 6.42 Å². The van der Waals surface area contributed by atoms with Crippen LogP contribution in [0, 0.1) is 0 Å². The predicted octanol–water partition coefficient (Wildman–Crippen LogP) is -0.620. The normalized spacial score (nSPS) is 25.5. The zero-order chi connectivity index (χ0) is 18.8. The number of ether oxygens (including phenoxy) is 3. The number of nitrogen functional groups attached to an aromatic ring is 1. The lowest BCUT2D eigenvalue weighted by atomic mass is 10.1. The van der Waals surface area contributed by atoms with Gasteiger partial charge < -0.3 is 30.2 Å². The third kappa shape index (κ3) is 3.28. The van der Waals surface area contributed by atoms with Crippen LogP contribution in [-0.4, -0.2) is 67.7 Å². The highest BCUT2D eigenvalue weighted by atomic mass is 16.6. The number of nitrogens with zero attached hydrogens (tertiary/aromatic N) is 4. The Morgan fingerprint density at radius 1 is 1.38 bits per heavy atom. The zero-order valence-corrected chi connectivity index (χ0v) is 14.4. The van der Waals surface area contributed by atoms with Crippen molar-refractivity contribution < 1.29 is 29.2 Å². The van der Waals surface area contributed by atoms with Crippen LogP contribution in [0.25, 0.3) is 11.2 Å². The van der Waals surface area contributed by atoms with Crippen LogP contribution >= 0.6 is 0 Å². The Morgan fingerprint density at radius 2 is 2.15 bits per heavy atom. The van der Waals surface area contributed by atoms with Crippen molar-refractivity contribution in [2.45, 2.75) is 44.3 Å². The van der Waals surface area contributed by atoms with Crippen LogP contribution in [0.3, 0.4) is 0 Å². The summed E-state index contributed by atoms with van der Waals surface area (Å²) in [6.45, 7) is 1.69.